The van der Waals surface area contributed by atoms with E-state index in [1.165, 1.54) is 0 Å². The zero-order valence-electron chi connectivity index (χ0n) is 14.6. The molecule has 2 aliphatic heterocycles. The minimum Gasteiger partial charge on any atom is -0.378 e. The molecular weight excluding hydrogens is 322 g/mol. The van der Waals surface area contributed by atoms with Gasteiger partial charge in [0.15, 0.2) is 0 Å². The van der Waals surface area contributed by atoms with Crippen molar-refractivity contribution in [2.75, 3.05) is 57.4 Å². The molecular formula is C17H25N5O3. The molecule has 25 heavy (non-hydrogen) atoms. The van der Waals surface area contributed by atoms with Crippen LogP contribution in [0.15, 0.2) is 18.3 Å². The van der Waals surface area contributed by atoms with E-state index >= 15 is 0 Å². The number of carbonyl (C=O) groups is 2. The Hall–Kier alpha value is -2.35. The summed E-state index contributed by atoms with van der Waals surface area (Å²) in [6.07, 6.45) is 1.78. The number of aromatic nitrogens is 1. The third-order valence-electron chi connectivity index (χ3n) is 4.60. The summed E-state index contributed by atoms with van der Waals surface area (Å²) >= 11 is 0. The second kappa shape index (κ2) is 8.15. The van der Waals surface area contributed by atoms with Crippen LogP contribution in [0.3, 0.4) is 0 Å². The number of urea groups is 1. The molecule has 0 atom stereocenters. The van der Waals surface area contributed by atoms with Gasteiger partial charge in [0.2, 0.25) is 5.91 Å². The number of rotatable bonds is 3. The molecule has 2 saturated heterocycles. The van der Waals surface area contributed by atoms with Crippen molar-refractivity contribution in [2.45, 2.75) is 13.5 Å². The molecule has 0 spiro atoms. The molecule has 1 aromatic heterocycles. The summed E-state index contributed by atoms with van der Waals surface area (Å²) in [4.78, 5) is 33.8. The molecule has 0 saturated carbocycles. The maximum absolute atomic E-state index is 12.3. The maximum atomic E-state index is 12.3. The average molecular weight is 347 g/mol. The van der Waals surface area contributed by atoms with Gasteiger partial charge in [0.25, 0.3) is 0 Å². The monoisotopic (exact) mass is 347 g/mol. The van der Waals surface area contributed by atoms with Crippen LogP contribution in [0.2, 0.25) is 0 Å². The van der Waals surface area contributed by atoms with Crippen molar-refractivity contribution in [2.24, 2.45) is 0 Å². The highest BCUT2D eigenvalue weighted by Gasteiger charge is 2.22. The maximum Gasteiger partial charge on any atom is 0.317 e. The number of morpholine rings is 1. The van der Waals surface area contributed by atoms with Gasteiger partial charge in [-0.3, -0.25) is 4.79 Å². The first-order chi connectivity index (χ1) is 12.1. The summed E-state index contributed by atoms with van der Waals surface area (Å²) in [6.45, 7) is 7.47. The van der Waals surface area contributed by atoms with Gasteiger partial charge < -0.3 is 24.8 Å². The first-order valence-electron chi connectivity index (χ1n) is 8.69. The molecule has 3 heterocycles. The predicted molar refractivity (Wildman–Crippen MR) is 93.3 cm³/mol. The molecule has 0 aromatic carbocycles. The van der Waals surface area contributed by atoms with E-state index in [2.05, 4.69) is 15.2 Å². The summed E-state index contributed by atoms with van der Waals surface area (Å²) in [6, 6.07) is 3.84. The van der Waals surface area contributed by atoms with Crippen LogP contribution in [-0.4, -0.2) is 79.2 Å². The second-order valence-corrected chi connectivity index (χ2v) is 6.27. The molecule has 2 fully saturated rings. The average Bonchev–Trinajstić information content (AvgIpc) is 2.67. The predicted octanol–water partition coefficient (Wildman–Crippen LogP) is 0.292. The van der Waals surface area contributed by atoms with Gasteiger partial charge >= 0.3 is 6.03 Å². The van der Waals surface area contributed by atoms with Crippen molar-refractivity contribution in [1.82, 2.24) is 20.1 Å². The van der Waals surface area contributed by atoms with Gasteiger partial charge in [0.1, 0.15) is 5.82 Å². The lowest BCUT2D eigenvalue weighted by Crippen LogP contribution is -2.52. The lowest BCUT2D eigenvalue weighted by molar-refractivity contribution is -0.130. The molecule has 0 unspecified atom stereocenters. The van der Waals surface area contributed by atoms with Crippen molar-refractivity contribution in [3.63, 3.8) is 0 Å². The molecule has 0 radical (unpaired) electrons. The summed E-state index contributed by atoms with van der Waals surface area (Å²) in [5.41, 5.74) is 1.02. The number of anilines is 1. The van der Waals surface area contributed by atoms with E-state index in [1.54, 1.807) is 22.9 Å². The van der Waals surface area contributed by atoms with Gasteiger partial charge in [-0.2, -0.15) is 0 Å². The standard InChI is InChI=1S/C17H25N5O3/c1-14(23)20-4-6-22(7-5-20)17(24)19-13-15-2-3-18-16(12-15)21-8-10-25-11-9-21/h2-3,12H,4-11,13H2,1H3,(H,19,24). The van der Waals surface area contributed by atoms with Crippen LogP contribution < -0.4 is 10.2 Å². The van der Waals surface area contributed by atoms with Gasteiger partial charge in [-0.25, -0.2) is 9.78 Å². The SMILES string of the molecule is CC(=O)N1CCN(C(=O)NCc2ccnc(N3CCOCC3)c2)CC1. The van der Waals surface area contributed by atoms with Crippen molar-refractivity contribution >= 4 is 17.8 Å². The first-order valence-corrected chi connectivity index (χ1v) is 8.69. The Kier molecular flexibility index (Phi) is 5.70. The summed E-state index contributed by atoms with van der Waals surface area (Å²) in [7, 11) is 0. The van der Waals surface area contributed by atoms with Crippen LogP contribution in [0.4, 0.5) is 10.6 Å². The Morgan fingerprint density at radius 1 is 1.12 bits per heavy atom. The summed E-state index contributed by atoms with van der Waals surface area (Å²) < 4.78 is 5.36. The molecule has 8 nitrogen and oxygen atoms in total. The Labute approximate surface area is 147 Å². The van der Waals surface area contributed by atoms with Crippen molar-refractivity contribution in [3.05, 3.63) is 23.9 Å². The summed E-state index contributed by atoms with van der Waals surface area (Å²) in [5, 5.41) is 2.96. The van der Waals surface area contributed by atoms with Gasteiger partial charge in [-0.15, -0.1) is 0 Å². The number of carbonyl (C=O) groups excluding carboxylic acids is 2. The van der Waals surface area contributed by atoms with E-state index in [1.807, 2.05) is 12.1 Å². The highest BCUT2D eigenvalue weighted by Crippen LogP contribution is 2.14. The second-order valence-electron chi connectivity index (χ2n) is 6.27. The molecule has 3 amide bonds. The van der Waals surface area contributed by atoms with Crippen LogP contribution in [0.1, 0.15) is 12.5 Å². The van der Waals surface area contributed by atoms with Gasteiger partial charge in [-0.1, -0.05) is 0 Å². The zero-order valence-corrected chi connectivity index (χ0v) is 14.6. The Morgan fingerprint density at radius 3 is 2.48 bits per heavy atom. The minimum atomic E-state index is -0.0899. The van der Waals surface area contributed by atoms with E-state index in [0.29, 0.717) is 32.7 Å². The number of nitrogens with zero attached hydrogens (tertiary/aromatic N) is 4. The van der Waals surface area contributed by atoms with Crippen LogP contribution >= 0.6 is 0 Å². The van der Waals surface area contributed by atoms with Crippen LogP contribution in [-0.2, 0) is 16.1 Å². The molecule has 8 heteroatoms. The topological polar surface area (TPSA) is 78.0 Å². The number of hydrogen-bond acceptors (Lipinski definition) is 5. The third-order valence-corrected chi connectivity index (χ3v) is 4.60. The normalized spacial score (nSPS) is 18.2. The fourth-order valence-corrected chi connectivity index (χ4v) is 3.05. The minimum absolute atomic E-state index is 0.0625. The van der Waals surface area contributed by atoms with Gasteiger partial charge in [0, 0.05) is 58.9 Å². The molecule has 136 valence electrons. The molecule has 1 N–H and O–H groups in total. The Morgan fingerprint density at radius 2 is 1.80 bits per heavy atom. The smallest absolute Gasteiger partial charge is 0.317 e. The third kappa shape index (κ3) is 4.60. The van der Waals surface area contributed by atoms with Gasteiger partial charge in [-0.05, 0) is 17.7 Å². The number of pyridine rings is 1. The van der Waals surface area contributed by atoms with E-state index < -0.39 is 0 Å². The quantitative estimate of drug-likeness (QED) is 0.850. The van der Waals surface area contributed by atoms with Gasteiger partial charge in [0.05, 0.1) is 13.2 Å². The van der Waals surface area contributed by atoms with Crippen molar-refractivity contribution < 1.29 is 14.3 Å². The number of ether oxygens (including phenoxy) is 1. The van der Waals surface area contributed by atoms with Crippen molar-refractivity contribution in [3.8, 4) is 0 Å². The van der Waals surface area contributed by atoms with E-state index in [-0.39, 0.29) is 11.9 Å². The van der Waals surface area contributed by atoms with E-state index in [9.17, 15) is 9.59 Å². The zero-order chi connectivity index (χ0) is 17.6. The highest BCUT2D eigenvalue weighted by molar-refractivity contribution is 5.76. The Balaban J connectivity index is 1.50. The number of piperazine rings is 1. The fourth-order valence-electron chi connectivity index (χ4n) is 3.05. The molecule has 3 rings (SSSR count). The summed E-state index contributed by atoms with van der Waals surface area (Å²) in [5.74, 6) is 0.984. The number of amides is 3. The highest BCUT2D eigenvalue weighted by atomic mass is 16.5. The first kappa shape index (κ1) is 17.5. The molecule has 2 aliphatic rings. The van der Waals surface area contributed by atoms with Crippen LogP contribution in [0, 0.1) is 0 Å². The fraction of sp³-hybridized carbons (Fsp3) is 0.588. The number of nitrogens with one attached hydrogen (secondary N) is 1. The Bertz CT molecular complexity index is 610. The lowest BCUT2D eigenvalue weighted by Gasteiger charge is -2.34. The van der Waals surface area contributed by atoms with Crippen LogP contribution in [0.5, 0.6) is 0 Å². The van der Waals surface area contributed by atoms with E-state index in [0.717, 1.165) is 37.7 Å². The van der Waals surface area contributed by atoms with Crippen LogP contribution in [0.25, 0.3) is 0 Å². The van der Waals surface area contributed by atoms with E-state index in [4.69, 9.17) is 4.74 Å². The molecule has 0 bridgehead atoms. The lowest BCUT2D eigenvalue weighted by atomic mass is 10.2. The molecule has 0 aliphatic carbocycles. The number of hydrogen-bond donors (Lipinski definition) is 1. The van der Waals surface area contributed by atoms with Crippen molar-refractivity contribution in [1.29, 1.82) is 0 Å². The largest absolute Gasteiger partial charge is 0.378 e. The molecule has 1 aromatic rings.